The van der Waals surface area contributed by atoms with Crippen LogP contribution >= 0.6 is 0 Å². The minimum absolute atomic E-state index is 0.0244. The van der Waals surface area contributed by atoms with Crippen LogP contribution in [0, 0.1) is 0 Å². The van der Waals surface area contributed by atoms with Gasteiger partial charge >= 0.3 is 0 Å². The topological polar surface area (TPSA) is 75.9 Å². The Hall–Kier alpha value is -3.22. The van der Waals surface area contributed by atoms with E-state index in [0.717, 1.165) is 22.8 Å². The highest BCUT2D eigenvalue weighted by atomic mass is 16.1. The maximum absolute atomic E-state index is 12.1. The normalized spacial score (nSPS) is 16.7. The van der Waals surface area contributed by atoms with Crippen molar-refractivity contribution >= 4 is 17.3 Å². The Morgan fingerprint density at radius 3 is 2.69 bits per heavy atom. The molecule has 0 aliphatic carbocycles. The van der Waals surface area contributed by atoms with Gasteiger partial charge in [-0.3, -0.25) is 4.79 Å². The van der Waals surface area contributed by atoms with Gasteiger partial charge in [-0.25, -0.2) is 4.68 Å². The Morgan fingerprint density at radius 1 is 1.08 bits per heavy atom. The van der Waals surface area contributed by atoms with Crippen LogP contribution in [0.3, 0.4) is 0 Å². The minimum atomic E-state index is 0.0244. The molecule has 1 aliphatic heterocycles. The van der Waals surface area contributed by atoms with Crippen molar-refractivity contribution in [1.82, 2.24) is 20.2 Å². The van der Waals surface area contributed by atoms with Gasteiger partial charge in [0.2, 0.25) is 5.91 Å². The van der Waals surface area contributed by atoms with E-state index >= 15 is 0 Å². The number of aromatic nitrogens is 4. The summed E-state index contributed by atoms with van der Waals surface area (Å²) in [6, 6.07) is 18.0. The Bertz CT molecular complexity index is 907. The molecule has 0 fully saturated rings. The first-order valence-electron chi connectivity index (χ1n) is 8.65. The number of para-hydroxylation sites is 2. The molecule has 2 aromatic carbocycles. The lowest BCUT2D eigenvalue weighted by atomic mass is 10.1. The number of nitrogens with zero attached hydrogens (tertiary/aromatic N) is 5. The smallest absolute Gasteiger partial charge is 0.226 e. The number of fused-ring (bicyclic) bond motifs is 1. The molecule has 0 saturated carbocycles. The summed E-state index contributed by atoms with van der Waals surface area (Å²) in [4.78, 5) is 14.3. The number of tetrazole rings is 1. The fourth-order valence-electron chi connectivity index (χ4n) is 3.26. The predicted octanol–water partition coefficient (Wildman–Crippen LogP) is 2.46. The molecular weight excluding hydrogens is 328 g/mol. The summed E-state index contributed by atoms with van der Waals surface area (Å²) < 4.78 is 1.81. The van der Waals surface area contributed by atoms with Crippen molar-refractivity contribution in [2.45, 2.75) is 32.5 Å². The van der Waals surface area contributed by atoms with E-state index in [1.165, 1.54) is 0 Å². The van der Waals surface area contributed by atoms with Crippen LogP contribution in [0.5, 0.6) is 0 Å². The second-order valence-corrected chi connectivity index (χ2v) is 6.48. The number of carbonyl (C=O) groups excluding carboxylic acids is 1. The van der Waals surface area contributed by atoms with Gasteiger partial charge in [-0.05, 0) is 35.0 Å². The third-order valence-corrected chi connectivity index (χ3v) is 4.59. The summed E-state index contributed by atoms with van der Waals surface area (Å²) in [6.45, 7) is 3.20. The van der Waals surface area contributed by atoms with Crippen LogP contribution < -0.4 is 10.2 Å². The highest BCUT2D eigenvalue weighted by Gasteiger charge is 2.26. The minimum Gasteiger partial charge on any atom is -0.359 e. The van der Waals surface area contributed by atoms with Gasteiger partial charge in [0, 0.05) is 12.5 Å². The number of benzene rings is 2. The highest BCUT2D eigenvalue weighted by molar-refractivity contribution is 5.96. The van der Waals surface area contributed by atoms with Crippen molar-refractivity contribution in [3.05, 3.63) is 66.0 Å². The van der Waals surface area contributed by atoms with Gasteiger partial charge in [0.1, 0.15) is 0 Å². The lowest BCUT2D eigenvalue weighted by Gasteiger charge is -2.29. The Morgan fingerprint density at radius 2 is 1.85 bits per heavy atom. The fourth-order valence-corrected chi connectivity index (χ4v) is 3.26. The van der Waals surface area contributed by atoms with E-state index in [0.29, 0.717) is 19.5 Å². The molecule has 2 heterocycles. The summed E-state index contributed by atoms with van der Waals surface area (Å²) in [6.07, 6.45) is 0.426. The molecular formula is C19H20N6O. The molecule has 0 spiro atoms. The number of carbonyl (C=O) groups is 1. The molecule has 1 atom stereocenters. The van der Waals surface area contributed by atoms with Crippen molar-refractivity contribution in [2.24, 2.45) is 0 Å². The summed E-state index contributed by atoms with van der Waals surface area (Å²) in [5, 5.41) is 15.2. The van der Waals surface area contributed by atoms with E-state index in [1.54, 1.807) is 0 Å². The molecule has 1 N–H and O–H groups in total. The zero-order valence-electron chi connectivity index (χ0n) is 14.5. The Labute approximate surface area is 151 Å². The van der Waals surface area contributed by atoms with Gasteiger partial charge in [-0.2, -0.15) is 0 Å². The summed E-state index contributed by atoms with van der Waals surface area (Å²) >= 11 is 0. The quantitative estimate of drug-likeness (QED) is 0.784. The van der Waals surface area contributed by atoms with Gasteiger partial charge < -0.3 is 10.2 Å². The molecule has 1 amide bonds. The van der Waals surface area contributed by atoms with E-state index < -0.39 is 0 Å². The maximum atomic E-state index is 12.1. The number of nitrogens with one attached hydrogen (secondary N) is 1. The SMILES string of the molecule is C[C@@H]1CC(=O)Nc2ccccc2N1Cc1nnnn1Cc1ccccc1. The van der Waals surface area contributed by atoms with Gasteiger partial charge in [-0.15, -0.1) is 5.10 Å². The van der Waals surface area contributed by atoms with E-state index in [4.69, 9.17) is 0 Å². The molecule has 0 unspecified atom stereocenters. The van der Waals surface area contributed by atoms with E-state index in [2.05, 4.69) is 37.9 Å². The first-order valence-corrected chi connectivity index (χ1v) is 8.65. The zero-order chi connectivity index (χ0) is 17.9. The second kappa shape index (κ2) is 6.95. The van der Waals surface area contributed by atoms with Crippen LogP contribution in [0.4, 0.5) is 11.4 Å². The molecule has 7 heteroatoms. The molecule has 1 aromatic heterocycles. The van der Waals surface area contributed by atoms with Gasteiger partial charge in [0.05, 0.1) is 24.5 Å². The third kappa shape index (κ3) is 3.28. The highest BCUT2D eigenvalue weighted by Crippen LogP contribution is 2.32. The molecule has 0 bridgehead atoms. The Balaban J connectivity index is 1.63. The number of hydrogen-bond acceptors (Lipinski definition) is 5. The average molecular weight is 348 g/mol. The van der Waals surface area contributed by atoms with E-state index in [-0.39, 0.29) is 11.9 Å². The van der Waals surface area contributed by atoms with Crippen molar-refractivity contribution in [3.63, 3.8) is 0 Å². The number of amides is 1. The first-order chi connectivity index (χ1) is 12.7. The summed E-state index contributed by atoms with van der Waals surface area (Å²) in [7, 11) is 0. The van der Waals surface area contributed by atoms with Crippen LogP contribution in [-0.4, -0.2) is 32.2 Å². The van der Waals surface area contributed by atoms with Crippen molar-refractivity contribution in [3.8, 4) is 0 Å². The van der Waals surface area contributed by atoms with Crippen molar-refractivity contribution in [2.75, 3.05) is 10.2 Å². The van der Waals surface area contributed by atoms with Crippen LogP contribution in [0.1, 0.15) is 24.7 Å². The number of rotatable bonds is 4. The van der Waals surface area contributed by atoms with Crippen LogP contribution in [0.15, 0.2) is 54.6 Å². The van der Waals surface area contributed by atoms with Gasteiger partial charge in [0.25, 0.3) is 0 Å². The fraction of sp³-hybridized carbons (Fsp3) is 0.263. The Kier molecular flexibility index (Phi) is 4.35. The largest absolute Gasteiger partial charge is 0.359 e. The van der Waals surface area contributed by atoms with Gasteiger partial charge in [-0.1, -0.05) is 42.5 Å². The van der Waals surface area contributed by atoms with E-state index in [1.807, 2.05) is 54.1 Å². The maximum Gasteiger partial charge on any atom is 0.226 e. The number of hydrogen-bond donors (Lipinski definition) is 1. The molecule has 3 aromatic rings. The standard InChI is InChI=1S/C19H20N6O/c1-14-11-19(26)20-16-9-5-6-10-17(16)24(14)13-18-21-22-23-25(18)12-15-7-3-2-4-8-15/h2-10,14H,11-13H2,1H3,(H,20,26)/t14-/m1/s1. The molecule has 4 rings (SSSR count). The summed E-state index contributed by atoms with van der Waals surface area (Å²) in [5.74, 6) is 0.793. The monoisotopic (exact) mass is 348 g/mol. The van der Waals surface area contributed by atoms with E-state index in [9.17, 15) is 4.79 Å². The second-order valence-electron chi connectivity index (χ2n) is 6.48. The molecule has 1 aliphatic rings. The lowest BCUT2D eigenvalue weighted by Crippen LogP contribution is -2.34. The van der Waals surface area contributed by atoms with Crippen LogP contribution in [-0.2, 0) is 17.9 Å². The predicted molar refractivity (Wildman–Crippen MR) is 98.7 cm³/mol. The van der Waals surface area contributed by atoms with Crippen LogP contribution in [0.25, 0.3) is 0 Å². The van der Waals surface area contributed by atoms with Crippen molar-refractivity contribution in [1.29, 1.82) is 0 Å². The van der Waals surface area contributed by atoms with Crippen molar-refractivity contribution < 1.29 is 4.79 Å². The molecule has 7 nitrogen and oxygen atoms in total. The zero-order valence-corrected chi connectivity index (χ0v) is 14.5. The van der Waals surface area contributed by atoms with Gasteiger partial charge in [0.15, 0.2) is 5.82 Å². The number of anilines is 2. The molecule has 0 radical (unpaired) electrons. The third-order valence-electron chi connectivity index (χ3n) is 4.59. The lowest BCUT2D eigenvalue weighted by molar-refractivity contribution is -0.116. The summed E-state index contributed by atoms with van der Waals surface area (Å²) in [5.41, 5.74) is 2.95. The molecule has 26 heavy (non-hydrogen) atoms. The molecule has 132 valence electrons. The molecule has 0 saturated heterocycles. The first kappa shape index (κ1) is 16.3. The average Bonchev–Trinajstić information content (AvgIpc) is 3.03. The van der Waals surface area contributed by atoms with Crippen LogP contribution in [0.2, 0.25) is 0 Å².